The lowest BCUT2D eigenvalue weighted by Crippen LogP contribution is -2.17. The van der Waals surface area contributed by atoms with Crippen LogP contribution in [0.5, 0.6) is 0 Å². The van der Waals surface area contributed by atoms with E-state index in [9.17, 15) is 0 Å². The number of aryl methyl sites for hydroxylation is 2. The number of imidazole rings is 1. The highest BCUT2D eigenvalue weighted by Crippen LogP contribution is 2.36. The molecule has 5 aromatic rings. The van der Waals surface area contributed by atoms with Gasteiger partial charge >= 0.3 is 0 Å². The summed E-state index contributed by atoms with van der Waals surface area (Å²) >= 11 is 0. The van der Waals surface area contributed by atoms with Crippen molar-refractivity contribution in [3.8, 4) is 11.1 Å². The second-order valence-corrected chi connectivity index (χ2v) is 8.29. The standard InChI is InChI=1S/C26H23N5/c1-31-16-29-23-10-9-18(13-25(23)31)21-14-19(15-24-26(21)28-12-11-27-24)30-22-8-4-6-17-5-2-3-7-20(17)22/h2-3,5,7,9-16,22,30H,4,6,8H2,1H3/t22-/m1/s1. The molecule has 31 heavy (non-hydrogen) atoms. The summed E-state index contributed by atoms with van der Waals surface area (Å²) < 4.78 is 2.05. The summed E-state index contributed by atoms with van der Waals surface area (Å²) in [6, 6.07) is 19.8. The van der Waals surface area contributed by atoms with E-state index in [4.69, 9.17) is 0 Å². The molecule has 0 aliphatic heterocycles. The van der Waals surface area contributed by atoms with Gasteiger partial charge in [0.05, 0.1) is 34.4 Å². The first-order valence-electron chi connectivity index (χ1n) is 10.8. The van der Waals surface area contributed by atoms with Gasteiger partial charge in [-0.3, -0.25) is 9.97 Å². The fourth-order valence-corrected chi connectivity index (χ4v) is 4.78. The highest BCUT2D eigenvalue weighted by molar-refractivity contribution is 5.96. The van der Waals surface area contributed by atoms with E-state index in [0.717, 1.165) is 51.7 Å². The fourth-order valence-electron chi connectivity index (χ4n) is 4.78. The zero-order chi connectivity index (χ0) is 20.8. The molecule has 1 aliphatic carbocycles. The lowest BCUT2D eigenvalue weighted by Gasteiger charge is -2.27. The van der Waals surface area contributed by atoms with Gasteiger partial charge in [0.1, 0.15) is 0 Å². The third-order valence-electron chi connectivity index (χ3n) is 6.32. The quantitative estimate of drug-likeness (QED) is 0.420. The van der Waals surface area contributed by atoms with Crippen LogP contribution in [-0.2, 0) is 13.5 Å². The van der Waals surface area contributed by atoms with Crippen molar-refractivity contribution in [2.24, 2.45) is 7.05 Å². The Morgan fingerprint density at radius 1 is 0.935 bits per heavy atom. The Morgan fingerprint density at radius 3 is 2.81 bits per heavy atom. The average Bonchev–Trinajstić information content (AvgIpc) is 3.19. The van der Waals surface area contributed by atoms with Crippen molar-refractivity contribution >= 4 is 27.8 Å². The van der Waals surface area contributed by atoms with Crippen molar-refractivity contribution in [3.63, 3.8) is 0 Å². The molecule has 0 radical (unpaired) electrons. The zero-order valence-corrected chi connectivity index (χ0v) is 17.4. The predicted octanol–water partition coefficient (Wildman–Crippen LogP) is 5.67. The molecule has 0 unspecified atom stereocenters. The molecule has 2 aromatic heterocycles. The minimum atomic E-state index is 0.312. The van der Waals surface area contributed by atoms with Gasteiger partial charge in [0, 0.05) is 30.7 Å². The fraction of sp³-hybridized carbons (Fsp3) is 0.192. The van der Waals surface area contributed by atoms with Crippen molar-refractivity contribution in [1.29, 1.82) is 0 Å². The highest BCUT2D eigenvalue weighted by Gasteiger charge is 2.20. The summed E-state index contributed by atoms with van der Waals surface area (Å²) in [5.74, 6) is 0. The van der Waals surface area contributed by atoms with Crippen LogP contribution in [0.2, 0.25) is 0 Å². The van der Waals surface area contributed by atoms with Gasteiger partial charge in [-0.15, -0.1) is 0 Å². The van der Waals surface area contributed by atoms with Crippen LogP contribution in [0.15, 0.2) is 73.3 Å². The number of hydrogen-bond acceptors (Lipinski definition) is 4. The van der Waals surface area contributed by atoms with Gasteiger partial charge in [-0.1, -0.05) is 30.3 Å². The summed E-state index contributed by atoms with van der Waals surface area (Å²) in [5, 5.41) is 3.80. The highest BCUT2D eigenvalue weighted by atomic mass is 15.0. The maximum atomic E-state index is 4.66. The Hall–Kier alpha value is -3.73. The number of nitrogens with one attached hydrogen (secondary N) is 1. The molecule has 0 saturated heterocycles. The van der Waals surface area contributed by atoms with E-state index in [0.29, 0.717) is 6.04 Å². The monoisotopic (exact) mass is 405 g/mol. The lowest BCUT2D eigenvalue weighted by molar-refractivity contribution is 0.600. The second kappa shape index (κ2) is 7.20. The zero-order valence-electron chi connectivity index (χ0n) is 17.4. The van der Waals surface area contributed by atoms with E-state index in [2.05, 4.69) is 74.9 Å². The summed E-state index contributed by atoms with van der Waals surface area (Å²) in [6.45, 7) is 0. The normalized spacial score (nSPS) is 15.8. The minimum Gasteiger partial charge on any atom is -0.378 e. The van der Waals surface area contributed by atoms with Gasteiger partial charge in [0.25, 0.3) is 0 Å². The largest absolute Gasteiger partial charge is 0.378 e. The van der Waals surface area contributed by atoms with Crippen molar-refractivity contribution in [2.45, 2.75) is 25.3 Å². The van der Waals surface area contributed by atoms with Crippen LogP contribution in [0.1, 0.15) is 30.0 Å². The first-order chi connectivity index (χ1) is 15.3. The molecule has 3 aromatic carbocycles. The Morgan fingerprint density at radius 2 is 1.84 bits per heavy atom. The third kappa shape index (κ3) is 3.13. The molecule has 1 atom stereocenters. The van der Waals surface area contributed by atoms with Crippen molar-refractivity contribution in [3.05, 3.63) is 84.4 Å². The first kappa shape index (κ1) is 18.1. The van der Waals surface area contributed by atoms with Gasteiger partial charge in [0.15, 0.2) is 0 Å². The molecule has 0 fully saturated rings. The molecule has 0 saturated carbocycles. The van der Waals surface area contributed by atoms with Crippen molar-refractivity contribution < 1.29 is 0 Å². The summed E-state index contributed by atoms with van der Waals surface area (Å²) in [6.07, 6.45) is 8.87. The third-order valence-corrected chi connectivity index (χ3v) is 6.32. The van der Waals surface area contributed by atoms with Crippen molar-refractivity contribution in [2.75, 3.05) is 5.32 Å². The molecule has 5 heteroatoms. The topological polar surface area (TPSA) is 55.6 Å². The molecule has 6 rings (SSSR count). The van der Waals surface area contributed by atoms with Gasteiger partial charge in [-0.25, -0.2) is 4.98 Å². The molecule has 1 aliphatic rings. The Balaban J connectivity index is 1.47. The molecule has 5 nitrogen and oxygen atoms in total. The minimum absolute atomic E-state index is 0.312. The van der Waals surface area contributed by atoms with Crippen LogP contribution < -0.4 is 5.32 Å². The maximum absolute atomic E-state index is 4.66. The number of aromatic nitrogens is 4. The summed E-state index contributed by atoms with van der Waals surface area (Å²) in [4.78, 5) is 13.7. The first-order valence-corrected chi connectivity index (χ1v) is 10.8. The Kier molecular flexibility index (Phi) is 4.20. The van der Waals surface area contributed by atoms with E-state index >= 15 is 0 Å². The Labute approximate surface area is 180 Å². The molecule has 2 heterocycles. The van der Waals surface area contributed by atoms with E-state index in [-0.39, 0.29) is 0 Å². The lowest BCUT2D eigenvalue weighted by atomic mass is 9.87. The van der Waals surface area contributed by atoms with Crippen LogP contribution in [0.25, 0.3) is 33.2 Å². The van der Waals surface area contributed by atoms with Crippen LogP contribution in [0, 0.1) is 0 Å². The predicted molar refractivity (Wildman–Crippen MR) is 125 cm³/mol. The molecule has 1 N–H and O–H groups in total. The van der Waals surface area contributed by atoms with Crippen molar-refractivity contribution in [1.82, 2.24) is 19.5 Å². The second-order valence-electron chi connectivity index (χ2n) is 8.29. The van der Waals surface area contributed by atoms with Gasteiger partial charge < -0.3 is 9.88 Å². The number of hydrogen-bond donors (Lipinski definition) is 1. The van der Waals surface area contributed by atoms with E-state index in [1.807, 2.05) is 17.9 Å². The SMILES string of the molecule is Cn1cnc2ccc(-c3cc(N[C@@H]4CCCc5ccccc54)cc4nccnc34)cc21. The number of benzene rings is 3. The summed E-state index contributed by atoms with van der Waals surface area (Å²) in [7, 11) is 2.02. The molecule has 0 spiro atoms. The van der Waals surface area contributed by atoms with Gasteiger partial charge in [-0.05, 0) is 60.2 Å². The van der Waals surface area contributed by atoms with Gasteiger partial charge in [-0.2, -0.15) is 0 Å². The molecular formula is C26H23N5. The smallest absolute Gasteiger partial charge is 0.0966 e. The number of anilines is 1. The average molecular weight is 406 g/mol. The summed E-state index contributed by atoms with van der Waals surface area (Å²) in [5.41, 5.74) is 10.1. The van der Waals surface area contributed by atoms with Crippen LogP contribution in [0.3, 0.4) is 0 Å². The number of rotatable bonds is 3. The van der Waals surface area contributed by atoms with E-state index in [1.165, 1.54) is 17.5 Å². The molecule has 0 amide bonds. The maximum Gasteiger partial charge on any atom is 0.0966 e. The van der Waals surface area contributed by atoms with Gasteiger partial charge in [0.2, 0.25) is 0 Å². The van der Waals surface area contributed by atoms with E-state index in [1.54, 1.807) is 12.4 Å². The number of fused-ring (bicyclic) bond motifs is 3. The van der Waals surface area contributed by atoms with Crippen LogP contribution in [-0.4, -0.2) is 19.5 Å². The number of nitrogens with zero attached hydrogens (tertiary/aromatic N) is 4. The van der Waals surface area contributed by atoms with E-state index < -0.39 is 0 Å². The molecular weight excluding hydrogens is 382 g/mol. The van der Waals surface area contributed by atoms with Crippen LogP contribution >= 0.6 is 0 Å². The molecule has 152 valence electrons. The van der Waals surface area contributed by atoms with Crippen LogP contribution in [0.4, 0.5) is 5.69 Å². The Bertz CT molecular complexity index is 1420. The molecule has 0 bridgehead atoms.